The molecule has 1 aromatic rings. The predicted octanol–water partition coefficient (Wildman–Crippen LogP) is 1.07. The maximum absolute atomic E-state index is 12.9. The van der Waals surface area contributed by atoms with E-state index in [0.29, 0.717) is 31.7 Å². The van der Waals surface area contributed by atoms with Crippen molar-refractivity contribution in [1.29, 1.82) is 0 Å². The second-order valence-electron chi connectivity index (χ2n) is 6.28. The van der Waals surface area contributed by atoms with E-state index in [2.05, 4.69) is 0 Å². The van der Waals surface area contributed by atoms with Crippen molar-refractivity contribution in [2.75, 3.05) is 33.3 Å². The van der Waals surface area contributed by atoms with Crippen molar-refractivity contribution >= 4 is 28.3 Å². The van der Waals surface area contributed by atoms with Gasteiger partial charge in [0.25, 0.3) is 5.91 Å². The number of benzene rings is 1. The van der Waals surface area contributed by atoms with Crippen LogP contribution in [0.5, 0.6) is 5.75 Å². The summed E-state index contributed by atoms with van der Waals surface area (Å²) >= 11 is 0. The molecule has 0 bridgehead atoms. The lowest BCUT2D eigenvalue weighted by Gasteiger charge is -2.20. The number of hydrogen-bond donors (Lipinski definition) is 1. The fourth-order valence-corrected chi connectivity index (χ4v) is 4.93. The second-order valence-corrected chi connectivity index (χ2v) is 8.18. The highest BCUT2D eigenvalue weighted by molar-refractivity contribution is 7.89. The second kappa shape index (κ2) is 7.90. The molecule has 2 aliphatic rings. The van der Waals surface area contributed by atoms with Gasteiger partial charge in [-0.2, -0.15) is 4.31 Å². The molecule has 2 fully saturated rings. The first-order valence-electron chi connectivity index (χ1n) is 8.16. The van der Waals surface area contributed by atoms with E-state index in [1.807, 2.05) is 0 Å². The summed E-state index contributed by atoms with van der Waals surface area (Å²) < 4.78 is 32.4. The third kappa shape index (κ3) is 3.92. The van der Waals surface area contributed by atoms with Crippen molar-refractivity contribution in [2.45, 2.75) is 30.2 Å². The molecule has 0 aliphatic carbocycles. The molecule has 2 saturated heterocycles. The quantitative estimate of drug-likeness (QED) is 0.831. The number of rotatable bonds is 4. The van der Waals surface area contributed by atoms with Crippen LogP contribution in [0.2, 0.25) is 0 Å². The Hall–Kier alpha value is -1.35. The Morgan fingerprint density at radius 2 is 1.92 bits per heavy atom. The Balaban J connectivity index is 0.00000225. The normalized spacial score (nSPS) is 21.2. The molecule has 1 aromatic carbocycles. The minimum Gasteiger partial charge on any atom is -0.495 e. The largest absolute Gasteiger partial charge is 0.495 e. The first-order valence-corrected chi connectivity index (χ1v) is 9.60. The third-order valence-corrected chi connectivity index (χ3v) is 6.53. The summed E-state index contributed by atoms with van der Waals surface area (Å²) in [5.74, 6) is 0.0695. The summed E-state index contributed by atoms with van der Waals surface area (Å²) in [5, 5.41) is 0. The molecule has 1 amide bonds. The molecule has 2 heterocycles. The van der Waals surface area contributed by atoms with Gasteiger partial charge in [-0.15, -0.1) is 12.4 Å². The first kappa shape index (κ1) is 20.0. The minimum atomic E-state index is -3.66. The van der Waals surface area contributed by atoms with Crippen LogP contribution in [0.4, 0.5) is 0 Å². The SMILES string of the molecule is COc1ccc(C(=O)N2CC[C@@H](N)C2)cc1S(=O)(=O)N1CCCC1.Cl. The van der Waals surface area contributed by atoms with Crippen LogP contribution < -0.4 is 10.5 Å². The summed E-state index contributed by atoms with van der Waals surface area (Å²) in [7, 11) is -2.23. The molecule has 25 heavy (non-hydrogen) atoms. The number of sulfonamides is 1. The molecule has 140 valence electrons. The number of hydrogen-bond acceptors (Lipinski definition) is 5. The molecular weight excluding hydrogens is 366 g/mol. The van der Waals surface area contributed by atoms with Gasteiger partial charge in [-0.25, -0.2) is 8.42 Å². The molecule has 0 unspecified atom stereocenters. The van der Waals surface area contributed by atoms with E-state index in [0.717, 1.165) is 19.3 Å². The Kier molecular flexibility index (Phi) is 6.31. The molecule has 2 aliphatic heterocycles. The molecule has 0 radical (unpaired) electrons. The van der Waals surface area contributed by atoms with Crippen LogP contribution in [0.25, 0.3) is 0 Å². The van der Waals surface area contributed by atoms with Crippen molar-refractivity contribution in [2.24, 2.45) is 5.73 Å². The molecule has 0 spiro atoms. The topological polar surface area (TPSA) is 92.9 Å². The minimum absolute atomic E-state index is 0. The maximum atomic E-state index is 12.9. The molecule has 0 saturated carbocycles. The highest BCUT2D eigenvalue weighted by Crippen LogP contribution is 2.30. The number of nitrogens with zero attached hydrogens (tertiary/aromatic N) is 2. The summed E-state index contributed by atoms with van der Waals surface area (Å²) in [6.45, 7) is 2.11. The Labute approximate surface area is 154 Å². The van der Waals surface area contributed by atoms with Crippen LogP contribution in [0.15, 0.2) is 23.1 Å². The molecule has 2 N–H and O–H groups in total. The lowest BCUT2D eigenvalue weighted by molar-refractivity contribution is 0.0790. The fraction of sp³-hybridized carbons (Fsp3) is 0.562. The lowest BCUT2D eigenvalue weighted by Crippen LogP contribution is -2.32. The van der Waals surface area contributed by atoms with E-state index >= 15 is 0 Å². The van der Waals surface area contributed by atoms with Crippen molar-refractivity contribution in [3.63, 3.8) is 0 Å². The third-order valence-electron chi connectivity index (χ3n) is 4.61. The number of halogens is 1. The van der Waals surface area contributed by atoms with Crippen molar-refractivity contribution in [3.8, 4) is 5.75 Å². The standard InChI is InChI=1S/C16H23N3O4S.ClH/c1-23-14-5-4-12(16(20)18-9-6-13(17)11-18)10-15(14)24(21,22)19-7-2-3-8-19;/h4-5,10,13H,2-3,6-9,11,17H2,1H3;1H/t13-;/m1./s1. The van der Waals surface area contributed by atoms with Crippen LogP contribution in [-0.2, 0) is 10.0 Å². The van der Waals surface area contributed by atoms with Gasteiger partial charge in [-0.3, -0.25) is 4.79 Å². The Morgan fingerprint density at radius 1 is 1.24 bits per heavy atom. The van der Waals surface area contributed by atoms with Gasteiger partial charge in [0, 0.05) is 37.8 Å². The number of carbonyl (C=O) groups is 1. The van der Waals surface area contributed by atoms with Gasteiger partial charge in [-0.05, 0) is 37.5 Å². The summed E-state index contributed by atoms with van der Waals surface area (Å²) in [6, 6.07) is 4.57. The van der Waals surface area contributed by atoms with Gasteiger partial charge in [0.15, 0.2) is 0 Å². The zero-order chi connectivity index (χ0) is 17.3. The molecule has 0 aromatic heterocycles. The van der Waals surface area contributed by atoms with Crippen molar-refractivity contribution < 1.29 is 17.9 Å². The highest BCUT2D eigenvalue weighted by Gasteiger charge is 2.32. The van der Waals surface area contributed by atoms with Gasteiger partial charge in [0.05, 0.1) is 7.11 Å². The molecule has 1 atom stereocenters. The predicted molar refractivity (Wildman–Crippen MR) is 96.7 cm³/mol. The van der Waals surface area contributed by atoms with Crippen LogP contribution in [0.1, 0.15) is 29.6 Å². The van der Waals surface area contributed by atoms with E-state index in [1.54, 1.807) is 17.0 Å². The lowest BCUT2D eigenvalue weighted by atomic mass is 10.2. The number of nitrogens with two attached hydrogens (primary N) is 1. The van der Waals surface area contributed by atoms with Crippen molar-refractivity contribution in [3.05, 3.63) is 23.8 Å². The van der Waals surface area contributed by atoms with Gasteiger partial charge in [-0.1, -0.05) is 0 Å². The van der Waals surface area contributed by atoms with Crippen molar-refractivity contribution in [1.82, 2.24) is 9.21 Å². The van der Waals surface area contributed by atoms with Crippen LogP contribution in [-0.4, -0.2) is 62.9 Å². The molecule has 9 heteroatoms. The zero-order valence-electron chi connectivity index (χ0n) is 14.2. The average molecular weight is 390 g/mol. The Morgan fingerprint density at radius 3 is 2.48 bits per heavy atom. The number of carbonyl (C=O) groups excluding carboxylic acids is 1. The number of ether oxygens (including phenoxy) is 1. The summed E-state index contributed by atoms with van der Waals surface area (Å²) in [5.41, 5.74) is 6.20. The van der Waals surface area contributed by atoms with Gasteiger partial charge in [0.1, 0.15) is 10.6 Å². The number of likely N-dealkylation sites (tertiary alicyclic amines) is 1. The van der Waals surface area contributed by atoms with Gasteiger partial charge < -0.3 is 15.4 Å². The van der Waals surface area contributed by atoms with E-state index in [9.17, 15) is 13.2 Å². The van der Waals surface area contributed by atoms with E-state index in [-0.39, 0.29) is 35.0 Å². The van der Waals surface area contributed by atoms with E-state index in [4.69, 9.17) is 10.5 Å². The smallest absolute Gasteiger partial charge is 0.253 e. The van der Waals surface area contributed by atoms with Crippen LogP contribution in [0.3, 0.4) is 0 Å². The maximum Gasteiger partial charge on any atom is 0.253 e. The van der Waals surface area contributed by atoms with E-state index < -0.39 is 10.0 Å². The zero-order valence-corrected chi connectivity index (χ0v) is 15.8. The highest BCUT2D eigenvalue weighted by atomic mass is 35.5. The first-order chi connectivity index (χ1) is 11.4. The van der Waals surface area contributed by atoms with E-state index in [1.165, 1.54) is 17.5 Å². The molecule has 3 rings (SSSR count). The van der Waals surface area contributed by atoms with Gasteiger partial charge >= 0.3 is 0 Å². The Bertz CT molecular complexity index is 735. The molecular formula is C16H24ClN3O4S. The average Bonchev–Trinajstić information content (AvgIpc) is 3.25. The molecule has 7 nitrogen and oxygen atoms in total. The number of amides is 1. The number of methoxy groups -OCH3 is 1. The summed E-state index contributed by atoms with van der Waals surface area (Å²) in [4.78, 5) is 14.3. The monoisotopic (exact) mass is 389 g/mol. The summed E-state index contributed by atoms with van der Waals surface area (Å²) in [6.07, 6.45) is 2.47. The van der Waals surface area contributed by atoms with Crippen LogP contribution >= 0.6 is 12.4 Å². The van der Waals surface area contributed by atoms with Crippen LogP contribution in [0, 0.1) is 0 Å². The fourth-order valence-electron chi connectivity index (χ4n) is 3.23. The van der Waals surface area contributed by atoms with Gasteiger partial charge in [0.2, 0.25) is 10.0 Å².